The summed E-state index contributed by atoms with van der Waals surface area (Å²) in [6, 6.07) is 14.3. The van der Waals surface area contributed by atoms with Gasteiger partial charge < -0.3 is 5.32 Å². The van der Waals surface area contributed by atoms with Crippen LogP contribution in [0.5, 0.6) is 0 Å². The lowest BCUT2D eigenvalue weighted by Crippen LogP contribution is -2.29. The highest BCUT2D eigenvalue weighted by molar-refractivity contribution is 7.90. The number of nitrogens with one attached hydrogen (secondary N) is 1. The van der Waals surface area contributed by atoms with Crippen LogP contribution in [0.2, 0.25) is 0 Å². The van der Waals surface area contributed by atoms with Gasteiger partial charge in [0.1, 0.15) is 0 Å². The van der Waals surface area contributed by atoms with Crippen molar-refractivity contribution in [1.29, 1.82) is 0 Å². The van der Waals surface area contributed by atoms with Crippen molar-refractivity contribution in [3.63, 3.8) is 0 Å². The van der Waals surface area contributed by atoms with Crippen LogP contribution in [0.25, 0.3) is 0 Å². The number of sulfone groups is 1. The van der Waals surface area contributed by atoms with Crippen LogP contribution in [-0.2, 0) is 22.9 Å². The number of nitrogens with zero attached hydrogens (tertiary/aromatic N) is 1. The number of likely N-dealkylation sites (tertiary alicyclic amines) is 1. The SMILES string of the molecule is CS(=O)(=O)c1ccc(C(=O)NCc2ccc(CN3CCCCC3)cc2)cc1. The Bertz CT molecular complexity index is 869. The van der Waals surface area contributed by atoms with Crippen LogP contribution in [0.1, 0.15) is 40.7 Å². The second-order valence-corrected chi connectivity index (χ2v) is 9.15. The molecule has 0 bridgehead atoms. The summed E-state index contributed by atoms with van der Waals surface area (Å²) >= 11 is 0. The zero-order chi connectivity index (χ0) is 19.3. The summed E-state index contributed by atoms with van der Waals surface area (Å²) in [5.74, 6) is -0.215. The van der Waals surface area contributed by atoms with Crippen LogP contribution in [0.3, 0.4) is 0 Å². The van der Waals surface area contributed by atoms with Crippen molar-refractivity contribution in [2.45, 2.75) is 37.2 Å². The molecule has 1 N–H and O–H groups in total. The second-order valence-electron chi connectivity index (χ2n) is 7.13. The molecule has 0 atom stereocenters. The number of rotatable bonds is 6. The van der Waals surface area contributed by atoms with Crippen LogP contribution >= 0.6 is 0 Å². The summed E-state index contributed by atoms with van der Waals surface area (Å²) < 4.78 is 22.9. The number of benzene rings is 2. The van der Waals surface area contributed by atoms with Crippen LogP contribution in [-0.4, -0.2) is 38.6 Å². The van der Waals surface area contributed by atoms with Crippen molar-refractivity contribution < 1.29 is 13.2 Å². The van der Waals surface area contributed by atoms with Gasteiger partial charge >= 0.3 is 0 Å². The molecule has 3 rings (SSSR count). The van der Waals surface area contributed by atoms with Crippen molar-refractivity contribution in [3.8, 4) is 0 Å². The van der Waals surface area contributed by atoms with E-state index < -0.39 is 9.84 Å². The van der Waals surface area contributed by atoms with E-state index in [9.17, 15) is 13.2 Å². The first-order valence-corrected chi connectivity index (χ1v) is 11.2. The summed E-state index contributed by atoms with van der Waals surface area (Å²) in [5, 5.41) is 2.88. The molecule has 5 nitrogen and oxygen atoms in total. The topological polar surface area (TPSA) is 66.5 Å². The predicted molar refractivity (Wildman–Crippen MR) is 106 cm³/mol. The number of carbonyl (C=O) groups excluding carboxylic acids is 1. The van der Waals surface area contributed by atoms with E-state index in [0.29, 0.717) is 12.1 Å². The molecule has 1 aliphatic heterocycles. The smallest absolute Gasteiger partial charge is 0.251 e. The zero-order valence-corrected chi connectivity index (χ0v) is 16.5. The lowest BCUT2D eigenvalue weighted by atomic mass is 10.1. The van der Waals surface area contributed by atoms with Gasteiger partial charge in [-0.2, -0.15) is 0 Å². The van der Waals surface area contributed by atoms with E-state index in [4.69, 9.17) is 0 Å². The molecule has 1 saturated heterocycles. The lowest BCUT2D eigenvalue weighted by molar-refractivity contribution is 0.0951. The van der Waals surface area contributed by atoms with Gasteiger partial charge in [0.15, 0.2) is 9.84 Å². The predicted octanol–water partition coefficient (Wildman–Crippen LogP) is 3.01. The Morgan fingerprint density at radius 1 is 0.926 bits per heavy atom. The van der Waals surface area contributed by atoms with E-state index in [1.165, 1.54) is 62.2 Å². The van der Waals surface area contributed by atoms with Crippen molar-refractivity contribution in [3.05, 3.63) is 65.2 Å². The molecule has 144 valence electrons. The molecule has 0 saturated carbocycles. The lowest BCUT2D eigenvalue weighted by Gasteiger charge is -2.26. The second kappa shape index (κ2) is 8.67. The van der Waals surface area contributed by atoms with Crippen molar-refractivity contribution in [2.24, 2.45) is 0 Å². The average molecular weight is 387 g/mol. The van der Waals surface area contributed by atoms with E-state index in [1.807, 2.05) is 12.1 Å². The zero-order valence-electron chi connectivity index (χ0n) is 15.6. The third kappa shape index (κ3) is 5.65. The molecule has 2 aromatic carbocycles. The Morgan fingerprint density at radius 3 is 2.11 bits per heavy atom. The highest BCUT2D eigenvalue weighted by atomic mass is 32.2. The number of carbonyl (C=O) groups is 1. The van der Waals surface area contributed by atoms with Gasteiger partial charge in [0, 0.05) is 24.9 Å². The first-order chi connectivity index (χ1) is 12.9. The molecule has 1 aliphatic rings. The maximum absolute atomic E-state index is 12.2. The van der Waals surface area contributed by atoms with Gasteiger partial charge in [-0.25, -0.2) is 8.42 Å². The number of hydrogen-bond acceptors (Lipinski definition) is 4. The van der Waals surface area contributed by atoms with Gasteiger partial charge in [-0.1, -0.05) is 30.7 Å². The molecule has 0 aliphatic carbocycles. The van der Waals surface area contributed by atoms with Crippen molar-refractivity contribution in [1.82, 2.24) is 10.2 Å². The van der Waals surface area contributed by atoms with Gasteiger partial charge in [-0.05, 0) is 61.3 Å². The molecule has 0 aromatic heterocycles. The van der Waals surface area contributed by atoms with E-state index >= 15 is 0 Å². The van der Waals surface area contributed by atoms with Gasteiger partial charge in [0.05, 0.1) is 4.90 Å². The normalized spacial score (nSPS) is 15.4. The maximum atomic E-state index is 12.2. The fraction of sp³-hybridized carbons (Fsp3) is 0.381. The van der Waals surface area contributed by atoms with Gasteiger partial charge in [-0.15, -0.1) is 0 Å². The van der Waals surface area contributed by atoms with Crippen LogP contribution in [0.15, 0.2) is 53.4 Å². The highest BCUT2D eigenvalue weighted by Crippen LogP contribution is 2.14. The largest absolute Gasteiger partial charge is 0.348 e. The Hall–Kier alpha value is -2.18. The van der Waals surface area contributed by atoms with Gasteiger partial charge in [-0.3, -0.25) is 9.69 Å². The Kier molecular flexibility index (Phi) is 6.29. The Labute approximate surface area is 161 Å². The summed E-state index contributed by atoms with van der Waals surface area (Å²) in [6.45, 7) is 3.78. The van der Waals surface area contributed by atoms with Crippen molar-refractivity contribution >= 4 is 15.7 Å². The first-order valence-electron chi connectivity index (χ1n) is 9.30. The van der Waals surface area contributed by atoms with E-state index in [2.05, 4.69) is 22.3 Å². The van der Waals surface area contributed by atoms with Crippen molar-refractivity contribution in [2.75, 3.05) is 19.3 Å². The number of piperidine rings is 1. The van der Waals surface area contributed by atoms with Crippen LogP contribution in [0, 0.1) is 0 Å². The number of hydrogen-bond donors (Lipinski definition) is 1. The molecule has 1 heterocycles. The molecule has 1 fully saturated rings. The molecular weight excluding hydrogens is 360 g/mol. The van der Waals surface area contributed by atoms with Crippen LogP contribution in [0.4, 0.5) is 0 Å². The monoisotopic (exact) mass is 386 g/mol. The molecular formula is C21H26N2O3S. The highest BCUT2D eigenvalue weighted by Gasteiger charge is 2.11. The summed E-state index contributed by atoms with van der Waals surface area (Å²) in [7, 11) is -3.25. The van der Waals surface area contributed by atoms with Gasteiger partial charge in [0.25, 0.3) is 5.91 Å². The quantitative estimate of drug-likeness (QED) is 0.829. The molecule has 0 radical (unpaired) electrons. The number of amides is 1. The van der Waals surface area contributed by atoms with Crippen LogP contribution < -0.4 is 5.32 Å². The third-order valence-corrected chi connectivity index (χ3v) is 6.00. The molecule has 1 amide bonds. The average Bonchev–Trinajstić information content (AvgIpc) is 2.67. The summed E-state index contributed by atoms with van der Waals surface area (Å²) in [5.41, 5.74) is 2.78. The summed E-state index contributed by atoms with van der Waals surface area (Å²) in [6.07, 6.45) is 5.06. The fourth-order valence-corrected chi connectivity index (χ4v) is 3.91. The van der Waals surface area contributed by atoms with E-state index in [-0.39, 0.29) is 10.8 Å². The Morgan fingerprint density at radius 2 is 1.52 bits per heavy atom. The molecule has 2 aromatic rings. The minimum Gasteiger partial charge on any atom is -0.348 e. The van der Waals surface area contributed by atoms with E-state index in [1.54, 1.807) is 0 Å². The van der Waals surface area contributed by atoms with E-state index in [0.717, 1.165) is 18.4 Å². The molecule has 6 heteroatoms. The molecule has 0 unspecified atom stereocenters. The maximum Gasteiger partial charge on any atom is 0.251 e. The standard InChI is InChI=1S/C21H26N2O3S/c1-27(25,26)20-11-9-19(10-12-20)21(24)22-15-17-5-7-18(8-6-17)16-23-13-3-2-4-14-23/h5-12H,2-4,13-16H2,1H3,(H,22,24). The summed E-state index contributed by atoms with van der Waals surface area (Å²) in [4.78, 5) is 14.9. The Balaban J connectivity index is 1.52. The van der Waals surface area contributed by atoms with Gasteiger partial charge in [0.2, 0.25) is 0 Å². The minimum atomic E-state index is -3.25. The fourth-order valence-electron chi connectivity index (χ4n) is 3.28. The third-order valence-electron chi connectivity index (χ3n) is 4.88. The molecule has 27 heavy (non-hydrogen) atoms. The minimum absolute atomic E-state index is 0.211. The molecule has 0 spiro atoms. The first kappa shape index (κ1) is 19.6.